The minimum Gasteiger partial charge on any atom is -0.381 e. The maximum Gasteiger partial charge on any atom is 0.256 e. The molecule has 1 fully saturated rings. The van der Waals surface area contributed by atoms with Crippen molar-refractivity contribution in [3.63, 3.8) is 0 Å². The Balaban J connectivity index is 1.56. The molecule has 3 amide bonds. The Hall–Kier alpha value is -4.08. The molecule has 0 radical (unpaired) electrons. The van der Waals surface area contributed by atoms with Crippen LogP contribution in [0.2, 0.25) is 0 Å². The van der Waals surface area contributed by atoms with Crippen molar-refractivity contribution in [1.82, 2.24) is 15.5 Å². The Bertz CT molecular complexity index is 1410. The average Bonchev–Trinajstić information content (AvgIpc) is 3.28. The summed E-state index contributed by atoms with van der Waals surface area (Å²) >= 11 is 0. The van der Waals surface area contributed by atoms with E-state index >= 15 is 0 Å². The molecule has 3 aromatic carbocycles. The van der Waals surface area contributed by atoms with Crippen LogP contribution in [0.5, 0.6) is 0 Å². The van der Waals surface area contributed by atoms with Crippen molar-refractivity contribution < 1.29 is 28.6 Å². The second-order valence-electron chi connectivity index (χ2n) is 10.9. The van der Waals surface area contributed by atoms with Crippen LogP contribution in [-0.2, 0) is 27.3 Å². The van der Waals surface area contributed by atoms with Gasteiger partial charge in [-0.3, -0.25) is 14.4 Å². The van der Waals surface area contributed by atoms with Crippen molar-refractivity contribution in [2.45, 2.75) is 64.4 Å². The molecule has 0 aliphatic carbocycles. The molecular formula is C32H36FN3O5. The number of hydrogen-bond acceptors (Lipinski definition) is 5. The van der Waals surface area contributed by atoms with Crippen LogP contribution in [0.15, 0.2) is 72.8 Å². The summed E-state index contributed by atoms with van der Waals surface area (Å²) in [7, 11) is 0. The highest BCUT2D eigenvalue weighted by Gasteiger charge is 2.50. The number of aliphatic hydroxyl groups is 1. The Kier molecular flexibility index (Phi) is 9.20. The number of nitrogens with one attached hydrogen (secondary N) is 2. The first-order valence-electron chi connectivity index (χ1n) is 13.5. The fourth-order valence-corrected chi connectivity index (χ4v) is 5.05. The van der Waals surface area contributed by atoms with Crippen molar-refractivity contribution in [1.29, 1.82) is 0 Å². The maximum atomic E-state index is 14.2. The molecule has 0 saturated carbocycles. The zero-order chi connectivity index (χ0) is 29.7. The van der Waals surface area contributed by atoms with Gasteiger partial charge in [0.2, 0.25) is 5.91 Å². The van der Waals surface area contributed by atoms with Crippen LogP contribution in [0.1, 0.15) is 46.5 Å². The molecule has 3 N–H and O–H groups in total. The number of benzene rings is 3. The van der Waals surface area contributed by atoms with Gasteiger partial charge in [-0.05, 0) is 68.5 Å². The molecule has 4 rings (SSSR count). The number of aryl methyl sites for hydroxylation is 1. The van der Waals surface area contributed by atoms with Crippen molar-refractivity contribution >= 4 is 17.7 Å². The number of halogens is 1. The van der Waals surface area contributed by atoms with Gasteiger partial charge >= 0.3 is 0 Å². The third kappa shape index (κ3) is 6.81. The van der Waals surface area contributed by atoms with E-state index in [9.17, 15) is 23.9 Å². The average molecular weight is 562 g/mol. The smallest absolute Gasteiger partial charge is 0.256 e. The van der Waals surface area contributed by atoms with E-state index in [1.165, 1.54) is 30.0 Å². The molecule has 3 atom stereocenters. The predicted octanol–water partition coefficient (Wildman–Crippen LogP) is 3.42. The molecule has 0 spiro atoms. The second-order valence-corrected chi connectivity index (χ2v) is 10.9. The Morgan fingerprint density at radius 3 is 2.41 bits per heavy atom. The first-order valence-corrected chi connectivity index (χ1v) is 13.5. The van der Waals surface area contributed by atoms with Crippen LogP contribution in [-0.4, -0.2) is 58.2 Å². The molecule has 8 nitrogen and oxygen atoms in total. The van der Waals surface area contributed by atoms with Crippen LogP contribution in [0.25, 0.3) is 0 Å². The minimum absolute atomic E-state index is 0.0989. The number of ether oxygens (including phenoxy) is 1. The van der Waals surface area contributed by atoms with Gasteiger partial charge in [-0.25, -0.2) is 4.39 Å². The van der Waals surface area contributed by atoms with Crippen LogP contribution in [0, 0.1) is 19.7 Å². The zero-order valence-corrected chi connectivity index (χ0v) is 23.7. The number of carbonyl (C=O) groups excluding carboxylic acids is 3. The summed E-state index contributed by atoms with van der Waals surface area (Å²) < 4.78 is 20.0. The number of nitrogens with zero attached hydrogens (tertiary/aromatic N) is 1. The van der Waals surface area contributed by atoms with Crippen LogP contribution in [0.3, 0.4) is 0 Å². The van der Waals surface area contributed by atoms with E-state index < -0.39 is 47.3 Å². The number of rotatable bonds is 9. The van der Waals surface area contributed by atoms with Gasteiger partial charge in [-0.2, -0.15) is 0 Å². The zero-order valence-electron chi connectivity index (χ0n) is 23.7. The number of carbonyl (C=O) groups is 3. The Morgan fingerprint density at radius 1 is 1.02 bits per heavy atom. The molecule has 1 aliphatic rings. The summed E-state index contributed by atoms with van der Waals surface area (Å²) in [6, 6.07) is 18.8. The first kappa shape index (κ1) is 29.9. The van der Waals surface area contributed by atoms with Gasteiger partial charge in [0.25, 0.3) is 11.8 Å². The van der Waals surface area contributed by atoms with E-state index in [-0.39, 0.29) is 30.8 Å². The molecule has 9 heteroatoms. The van der Waals surface area contributed by atoms with E-state index in [1.807, 2.05) is 61.5 Å². The van der Waals surface area contributed by atoms with Crippen LogP contribution < -0.4 is 10.6 Å². The summed E-state index contributed by atoms with van der Waals surface area (Å²) in [6.07, 6.45) is -1.59. The second kappa shape index (κ2) is 12.6. The number of aliphatic hydroxyl groups excluding tert-OH is 1. The maximum absolute atomic E-state index is 14.2. The topological polar surface area (TPSA) is 108 Å². The van der Waals surface area contributed by atoms with Crippen molar-refractivity contribution in [3.8, 4) is 0 Å². The summed E-state index contributed by atoms with van der Waals surface area (Å²) in [6.45, 7) is 6.91. The lowest BCUT2D eigenvalue weighted by Gasteiger charge is -2.32. The summed E-state index contributed by atoms with van der Waals surface area (Å²) in [5.74, 6) is -2.34. The Morgan fingerprint density at radius 2 is 1.71 bits per heavy atom. The predicted molar refractivity (Wildman–Crippen MR) is 152 cm³/mol. The highest BCUT2D eigenvalue weighted by atomic mass is 19.1. The SMILES string of the molecule is Cc1ccccc1CNC(=O)C1N(C(=O)C(O)C(Cc2ccccc2)NC(=O)c2cccc(F)c2C)COC1(C)C. The number of amides is 3. The van der Waals surface area contributed by atoms with Crippen molar-refractivity contribution in [3.05, 3.63) is 106 Å². The molecule has 1 saturated heterocycles. The third-order valence-corrected chi connectivity index (χ3v) is 7.55. The molecule has 1 aliphatic heterocycles. The number of hydrogen-bond donors (Lipinski definition) is 3. The molecule has 1 heterocycles. The van der Waals surface area contributed by atoms with E-state index in [2.05, 4.69) is 10.6 Å². The quantitative estimate of drug-likeness (QED) is 0.371. The summed E-state index contributed by atoms with van der Waals surface area (Å²) in [4.78, 5) is 41.5. The van der Waals surface area contributed by atoms with Crippen LogP contribution in [0.4, 0.5) is 4.39 Å². The van der Waals surface area contributed by atoms with Crippen LogP contribution >= 0.6 is 0 Å². The van der Waals surface area contributed by atoms with Gasteiger partial charge in [0, 0.05) is 12.1 Å². The third-order valence-electron chi connectivity index (χ3n) is 7.55. The van der Waals surface area contributed by atoms with E-state index in [0.717, 1.165) is 16.7 Å². The summed E-state index contributed by atoms with van der Waals surface area (Å²) in [5, 5.41) is 17.0. The highest BCUT2D eigenvalue weighted by molar-refractivity contribution is 5.97. The van der Waals surface area contributed by atoms with Gasteiger partial charge in [0.05, 0.1) is 11.6 Å². The van der Waals surface area contributed by atoms with Gasteiger partial charge in [-0.1, -0.05) is 60.7 Å². The molecule has 3 unspecified atom stereocenters. The fraction of sp³-hybridized carbons (Fsp3) is 0.344. The molecule has 0 aromatic heterocycles. The van der Waals surface area contributed by atoms with Gasteiger partial charge < -0.3 is 25.4 Å². The lowest BCUT2D eigenvalue weighted by atomic mass is 9.95. The van der Waals surface area contributed by atoms with E-state index in [4.69, 9.17) is 4.74 Å². The van der Waals surface area contributed by atoms with Crippen molar-refractivity contribution in [2.24, 2.45) is 0 Å². The monoisotopic (exact) mass is 561 g/mol. The molecule has 3 aromatic rings. The molecule has 0 bridgehead atoms. The molecule has 41 heavy (non-hydrogen) atoms. The lowest BCUT2D eigenvalue weighted by molar-refractivity contribution is -0.147. The van der Waals surface area contributed by atoms with E-state index in [0.29, 0.717) is 0 Å². The van der Waals surface area contributed by atoms with Gasteiger partial charge in [0.1, 0.15) is 18.6 Å². The molecule has 216 valence electrons. The largest absolute Gasteiger partial charge is 0.381 e. The molecular weight excluding hydrogens is 525 g/mol. The fourth-order valence-electron chi connectivity index (χ4n) is 5.05. The lowest BCUT2D eigenvalue weighted by Crippen LogP contribution is -2.58. The summed E-state index contributed by atoms with van der Waals surface area (Å²) in [5.41, 5.74) is 1.96. The standard InChI is InChI=1S/C32H36FN3O5/c1-20-11-8-9-14-23(20)18-34-30(39)28-32(3,4)41-19-36(28)31(40)27(37)26(17-22-12-6-5-7-13-22)35-29(38)24-15-10-16-25(33)21(24)2/h5-16,26-28,37H,17-19H2,1-4H3,(H,34,39)(H,35,38). The van der Waals surface area contributed by atoms with Gasteiger partial charge in [-0.15, -0.1) is 0 Å². The highest BCUT2D eigenvalue weighted by Crippen LogP contribution is 2.29. The minimum atomic E-state index is -1.71. The first-order chi connectivity index (χ1) is 19.5. The van der Waals surface area contributed by atoms with Crippen molar-refractivity contribution in [2.75, 3.05) is 6.73 Å². The van der Waals surface area contributed by atoms with Gasteiger partial charge in [0.15, 0.2) is 6.10 Å². The normalized spacial score (nSPS) is 17.5. The Labute approximate surface area is 239 Å². The van der Waals surface area contributed by atoms with E-state index in [1.54, 1.807) is 13.8 Å².